The van der Waals surface area contributed by atoms with E-state index in [0.29, 0.717) is 11.4 Å². The molecule has 1 aliphatic rings. The monoisotopic (exact) mass is 541 g/mol. The standard InChI is InChI=1S/C26H27N3O6S2/c1-33-24-13-12-23(14-25(24)34-2)37(31,32)29(20-6-4-3-5-7-20)16-26(30)28-27-15-19-8-10-21(11-9-19)35-22-17-36-18-22/h3-15,22H,16-18H2,1-2H3,(H,28,30)/b27-15-. The number of carbonyl (C=O) groups is 1. The maximum absolute atomic E-state index is 13.6. The highest BCUT2D eigenvalue weighted by atomic mass is 32.2. The molecular weight excluding hydrogens is 514 g/mol. The minimum atomic E-state index is -4.13. The molecule has 3 aromatic carbocycles. The van der Waals surface area contributed by atoms with Crippen molar-refractivity contribution < 1.29 is 27.4 Å². The van der Waals surface area contributed by atoms with Crippen molar-refractivity contribution in [2.45, 2.75) is 11.0 Å². The summed E-state index contributed by atoms with van der Waals surface area (Å²) in [4.78, 5) is 12.7. The van der Waals surface area contributed by atoms with Gasteiger partial charge in [0.2, 0.25) is 0 Å². The van der Waals surface area contributed by atoms with Gasteiger partial charge in [-0.05, 0) is 54.1 Å². The van der Waals surface area contributed by atoms with Crippen molar-refractivity contribution in [1.82, 2.24) is 5.43 Å². The number of nitrogens with one attached hydrogen (secondary N) is 1. The Bertz CT molecular complexity index is 1340. The van der Waals surface area contributed by atoms with E-state index in [-0.39, 0.29) is 16.7 Å². The van der Waals surface area contributed by atoms with E-state index >= 15 is 0 Å². The number of nitrogens with zero attached hydrogens (tertiary/aromatic N) is 2. The molecule has 37 heavy (non-hydrogen) atoms. The van der Waals surface area contributed by atoms with Crippen LogP contribution < -0.4 is 23.9 Å². The van der Waals surface area contributed by atoms with Gasteiger partial charge in [0.15, 0.2) is 11.5 Å². The van der Waals surface area contributed by atoms with Crippen LogP contribution in [0.15, 0.2) is 82.8 Å². The number of hydrazone groups is 1. The van der Waals surface area contributed by atoms with E-state index in [1.165, 1.54) is 38.6 Å². The summed E-state index contributed by atoms with van der Waals surface area (Å²) in [5, 5.41) is 3.98. The lowest BCUT2D eigenvalue weighted by Crippen LogP contribution is -2.39. The molecular formula is C26H27N3O6S2. The number of benzene rings is 3. The van der Waals surface area contributed by atoms with Crippen LogP contribution in [0.1, 0.15) is 5.56 Å². The molecule has 4 rings (SSSR count). The third kappa shape index (κ3) is 6.55. The van der Waals surface area contributed by atoms with E-state index < -0.39 is 22.5 Å². The van der Waals surface area contributed by atoms with Gasteiger partial charge in [-0.2, -0.15) is 16.9 Å². The zero-order valence-corrected chi connectivity index (χ0v) is 22.0. The zero-order valence-electron chi connectivity index (χ0n) is 20.4. The Labute approximate surface area is 220 Å². The third-order valence-corrected chi connectivity index (χ3v) is 8.45. The molecule has 0 saturated carbocycles. The molecule has 0 atom stereocenters. The van der Waals surface area contributed by atoms with E-state index in [4.69, 9.17) is 14.2 Å². The smallest absolute Gasteiger partial charge is 0.264 e. The topological polar surface area (TPSA) is 107 Å². The summed E-state index contributed by atoms with van der Waals surface area (Å²) >= 11 is 1.85. The summed E-state index contributed by atoms with van der Waals surface area (Å²) in [6.07, 6.45) is 1.74. The van der Waals surface area contributed by atoms with Crippen molar-refractivity contribution in [1.29, 1.82) is 0 Å². The molecule has 0 radical (unpaired) electrons. The van der Waals surface area contributed by atoms with Crippen LogP contribution in [-0.4, -0.2) is 58.9 Å². The minimum Gasteiger partial charge on any atom is -0.493 e. The molecule has 1 aliphatic heterocycles. The number of hydrogen-bond donors (Lipinski definition) is 1. The highest BCUT2D eigenvalue weighted by Gasteiger charge is 2.28. The second-order valence-corrected chi connectivity index (χ2v) is 10.9. The van der Waals surface area contributed by atoms with Gasteiger partial charge in [-0.15, -0.1) is 0 Å². The van der Waals surface area contributed by atoms with Crippen LogP contribution in [0.3, 0.4) is 0 Å². The number of para-hydroxylation sites is 1. The first-order valence-electron chi connectivity index (χ1n) is 11.4. The summed E-state index contributed by atoms with van der Waals surface area (Å²) in [5.74, 6) is 2.82. The summed E-state index contributed by atoms with van der Waals surface area (Å²) in [5.41, 5.74) is 3.49. The molecule has 11 heteroatoms. The first-order valence-corrected chi connectivity index (χ1v) is 14.0. The Morgan fingerprint density at radius 2 is 1.73 bits per heavy atom. The number of methoxy groups -OCH3 is 2. The van der Waals surface area contributed by atoms with Crippen molar-refractivity contribution in [3.8, 4) is 17.2 Å². The fraction of sp³-hybridized carbons (Fsp3) is 0.231. The predicted molar refractivity (Wildman–Crippen MR) is 144 cm³/mol. The number of thioether (sulfide) groups is 1. The van der Waals surface area contributed by atoms with Gasteiger partial charge in [0.1, 0.15) is 18.4 Å². The van der Waals surface area contributed by atoms with Gasteiger partial charge in [-0.1, -0.05) is 18.2 Å². The molecule has 1 fully saturated rings. The number of amides is 1. The maximum Gasteiger partial charge on any atom is 0.264 e. The summed E-state index contributed by atoms with van der Waals surface area (Å²) in [7, 11) is -1.24. The molecule has 1 saturated heterocycles. The van der Waals surface area contributed by atoms with E-state index in [0.717, 1.165) is 27.1 Å². The van der Waals surface area contributed by atoms with E-state index in [9.17, 15) is 13.2 Å². The van der Waals surface area contributed by atoms with Gasteiger partial charge in [0, 0.05) is 17.6 Å². The van der Waals surface area contributed by atoms with Crippen molar-refractivity contribution in [3.05, 3.63) is 78.4 Å². The second-order valence-electron chi connectivity index (χ2n) is 8.00. The van der Waals surface area contributed by atoms with Crippen molar-refractivity contribution in [3.63, 3.8) is 0 Å². The van der Waals surface area contributed by atoms with Crippen LogP contribution >= 0.6 is 11.8 Å². The molecule has 0 aromatic heterocycles. The quantitative estimate of drug-likeness (QED) is 0.292. The number of hydrogen-bond acceptors (Lipinski definition) is 8. The predicted octanol–water partition coefficient (Wildman–Crippen LogP) is 3.54. The number of anilines is 1. The highest BCUT2D eigenvalue weighted by molar-refractivity contribution is 8.00. The van der Waals surface area contributed by atoms with Crippen molar-refractivity contribution in [2.24, 2.45) is 5.10 Å². The lowest BCUT2D eigenvalue weighted by molar-refractivity contribution is -0.119. The Balaban J connectivity index is 1.47. The molecule has 1 N–H and O–H groups in total. The van der Waals surface area contributed by atoms with Gasteiger partial charge >= 0.3 is 0 Å². The molecule has 3 aromatic rings. The molecule has 0 unspecified atom stereocenters. The van der Waals surface area contributed by atoms with Crippen molar-refractivity contribution >= 4 is 39.6 Å². The lowest BCUT2D eigenvalue weighted by Gasteiger charge is -2.25. The van der Waals surface area contributed by atoms with E-state index in [1.807, 2.05) is 36.0 Å². The highest BCUT2D eigenvalue weighted by Crippen LogP contribution is 2.32. The van der Waals surface area contributed by atoms with Crippen molar-refractivity contribution in [2.75, 3.05) is 36.6 Å². The van der Waals surface area contributed by atoms with E-state index in [1.54, 1.807) is 30.3 Å². The van der Waals surface area contributed by atoms with Gasteiger partial charge in [0.25, 0.3) is 15.9 Å². The van der Waals surface area contributed by atoms with Crippen LogP contribution in [0.5, 0.6) is 17.2 Å². The fourth-order valence-corrected chi connectivity index (χ4v) is 5.47. The summed E-state index contributed by atoms with van der Waals surface area (Å²) in [6.45, 7) is -0.482. The normalized spacial score (nSPS) is 13.6. The Kier molecular flexibility index (Phi) is 8.57. The number of carbonyl (C=O) groups excluding carboxylic acids is 1. The molecule has 0 bridgehead atoms. The molecule has 0 spiro atoms. The Morgan fingerprint density at radius 3 is 2.35 bits per heavy atom. The number of sulfonamides is 1. The largest absolute Gasteiger partial charge is 0.493 e. The summed E-state index contributed by atoms with van der Waals surface area (Å²) in [6, 6.07) is 20.0. The third-order valence-electron chi connectivity index (χ3n) is 5.47. The Hall–Kier alpha value is -3.70. The zero-order chi connectivity index (χ0) is 26.3. The van der Waals surface area contributed by atoms with Gasteiger partial charge in [0.05, 0.1) is 31.0 Å². The van der Waals surface area contributed by atoms with Gasteiger partial charge in [-0.3, -0.25) is 9.10 Å². The van der Waals surface area contributed by atoms with Gasteiger partial charge in [-0.25, -0.2) is 13.8 Å². The fourth-order valence-electron chi connectivity index (χ4n) is 3.47. The lowest BCUT2D eigenvalue weighted by atomic mass is 10.2. The first-order chi connectivity index (χ1) is 17.9. The molecule has 194 valence electrons. The first kappa shape index (κ1) is 26.4. The molecule has 1 amide bonds. The molecule has 1 heterocycles. The molecule has 0 aliphatic carbocycles. The number of rotatable bonds is 11. The average Bonchev–Trinajstić information content (AvgIpc) is 2.90. The average molecular weight is 542 g/mol. The maximum atomic E-state index is 13.6. The van der Waals surface area contributed by atoms with Crippen LogP contribution in [-0.2, 0) is 14.8 Å². The molecule has 9 nitrogen and oxygen atoms in total. The van der Waals surface area contributed by atoms with Crippen LogP contribution in [0.4, 0.5) is 5.69 Å². The minimum absolute atomic E-state index is 0.0480. The van der Waals surface area contributed by atoms with Gasteiger partial charge < -0.3 is 14.2 Å². The van der Waals surface area contributed by atoms with Crippen LogP contribution in [0.2, 0.25) is 0 Å². The number of ether oxygens (including phenoxy) is 3. The second kappa shape index (κ2) is 12.0. The summed E-state index contributed by atoms with van der Waals surface area (Å²) < 4.78 is 44.4. The SMILES string of the molecule is COc1ccc(S(=O)(=O)N(CC(=O)N/N=C\c2ccc(OC3CSC3)cc2)c2ccccc2)cc1OC. The van der Waals surface area contributed by atoms with Crippen LogP contribution in [0, 0.1) is 0 Å². The Morgan fingerprint density at radius 1 is 1.03 bits per heavy atom. The van der Waals surface area contributed by atoms with Crippen LogP contribution in [0.25, 0.3) is 0 Å². The van der Waals surface area contributed by atoms with E-state index in [2.05, 4.69) is 10.5 Å².